The molecule has 6 nitrogen and oxygen atoms in total. The Bertz CT molecular complexity index is 765. The third-order valence-electron chi connectivity index (χ3n) is 3.16. The molecule has 3 aromatic rings. The van der Waals surface area contributed by atoms with Gasteiger partial charge in [0.2, 0.25) is 0 Å². The van der Waals surface area contributed by atoms with Gasteiger partial charge in [0.25, 0.3) is 5.91 Å². The Hall–Kier alpha value is -2.54. The first-order valence-electron chi connectivity index (χ1n) is 6.86. The molecule has 0 saturated heterocycles. The first-order chi connectivity index (χ1) is 10.7. The first kappa shape index (κ1) is 14.4. The van der Waals surface area contributed by atoms with E-state index in [1.165, 1.54) is 0 Å². The second kappa shape index (κ2) is 6.48. The molecule has 0 spiro atoms. The van der Waals surface area contributed by atoms with Gasteiger partial charge in [0, 0.05) is 37.8 Å². The highest BCUT2D eigenvalue weighted by molar-refractivity contribution is 7.09. The van der Waals surface area contributed by atoms with Crippen molar-refractivity contribution in [1.29, 1.82) is 0 Å². The fourth-order valence-corrected chi connectivity index (χ4v) is 2.82. The fraction of sp³-hybridized carbons (Fsp3) is 0.200. The number of carbonyl (C=O) groups is 1. The van der Waals surface area contributed by atoms with E-state index in [0.717, 1.165) is 16.4 Å². The van der Waals surface area contributed by atoms with Crippen LogP contribution in [0.2, 0.25) is 0 Å². The molecule has 0 aromatic carbocycles. The number of amides is 1. The van der Waals surface area contributed by atoms with E-state index in [1.807, 2.05) is 23.6 Å². The number of hydrogen-bond donors (Lipinski definition) is 1. The zero-order valence-electron chi connectivity index (χ0n) is 12.1. The van der Waals surface area contributed by atoms with Crippen LogP contribution in [0.5, 0.6) is 0 Å². The van der Waals surface area contributed by atoms with Crippen LogP contribution in [0.3, 0.4) is 0 Å². The van der Waals surface area contributed by atoms with Crippen LogP contribution in [0, 0.1) is 0 Å². The van der Waals surface area contributed by atoms with Crippen LogP contribution in [-0.2, 0) is 13.5 Å². The quantitative estimate of drug-likeness (QED) is 0.781. The van der Waals surface area contributed by atoms with Crippen LogP contribution in [0.25, 0.3) is 11.4 Å². The molecule has 0 fully saturated rings. The summed E-state index contributed by atoms with van der Waals surface area (Å²) < 4.78 is 1.55. The Balaban J connectivity index is 1.56. The van der Waals surface area contributed by atoms with Crippen LogP contribution in [0.4, 0.5) is 0 Å². The lowest BCUT2D eigenvalue weighted by molar-refractivity contribution is 0.0944. The Morgan fingerprint density at radius 1 is 1.27 bits per heavy atom. The van der Waals surface area contributed by atoms with Gasteiger partial charge in [-0.2, -0.15) is 5.10 Å². The molecule has 3 heterocycles. The molecule has 0 aliphatic carbocycles. The van der Waals surface area contributed by atoms with Crippen molar-refractivity contribution in [2.45, 2.75) is 6.42 Å². The maximum atomic E-state index is 11.9. The summed E-state index contributed by atoms with van der Waals surface area (Å²) in [5, 5.41) is 9.82. The Labute approximate surface area is 131 Å². The lowest BCUT2D eigenvalue weighted by atomic mass is 10.3. The molecule has 0 saturated carbocycles. The van der Waals surface area contributed by atoms with Gasteiger partial charge in [0.1, 0.15) is 5.69 Å². The molecule has 3 aromatic heterocycles. The van der Waals surface area contributed by atoms with Crippen LogP contribution in [0.1, 0.15) is 15.5 Å². The van der Waals surface area contributed by atoms with Crippen molar-refractivity contribution >= 4 is 17.2 Å². The molecule has 1 amide bonds. The number of aromatic nitrogens is 4. The van der Waals surface area contributed by atoms with Gasteiger partial charge in [-0.1, -0.05) is 6.07 Å². The third kappa shape index (κ3) is 3.20. The average Bonchev–Trinajstić information content (AvgIpc) is 3.17. The number of rotatable bonds is 5. The smallest absolute Gasteiger partial charge is 0.269 e. The van der Waals surface area contributed by atoms with Crippen molar-refractivity contribution in [1.82, 2.24) is 25.1 Å². The Morgan fingerprint density at radius 3 is 2.91 bits per heavy atom. The zero-order valence-corrected chi connectivity index (χ0v) is 12.9. The van der Waals surface area contributed by atoms with Crippen molar-refractivity contribution in [3.05, 3.63) is 52.7 Å². The van der Waals surface area contributed by atoms with Crippen molar-refractivity contribution in [2.75, 3.05) is 6.54 Å². The second-order valence-corrected chi connectivity index (χ2v) is 5.63. The highest BCUT2D eigenvalue weighted by Crippen LogP contribution is 2.19. The summed E-state index contributed by atoms with van der Waals surface area (Å²) >= 11 is 1.58. The molecule has 0 aliphatic rings. The molecule has 0 atom stereocenters. The van der Waals surface area contributed by atoms with Crippen LogP contribution >= 0.6 is 11.3 Å². The summed E-state index contributed by atoms with van der Waals surface area (Å²) in [6.07, 6.45) is 4.05. The lowest BCUT2D eigenvalue weighted by Gasteiger charge is -2.03. The highest BCUT2D eigenvalue weighted by atomic mass is 32.1. The van der Waals surface area contributed by atoms with E-state index in [4.69, 9.17) is 0 Å². The summed E-state index contributed by atoms with van der Waals surface area (Å²) in [6, 6.07) is 7.45. The largest absolute Gasteiger partial charge is 0.350 e. The standard InChI is InChI=1S/C15H15N5OS/c1-20-13(5-9-18-20)15(21)17-8-6-14-19-12(10-22-14)11-4-2-3-7-16-11/h2-5,7,9-10H,6,8H2,1H3,(H,17,21). The van der Waals surface area contributed by atoms with Crippen molar-refractivity contribution < 1.29 is 4.79 Å². The predicted molar refractivity (Wildman–Crippen MR) is 84.6 cm³/mol. The van der Waals surface area contributed by atoms with Gasteiger partial charge < -0.3 is 5.32 Å². The van der Waals surface area contributed by atoms with E-state index in [-0.39, 0.29) is 5.91 Å². The summed E-state index contributed by atoms with van der Waals surface area (Å²) in [7, 11) is 1.74. The maximum absolute atomic E-state index is 11.9. The summed E-state index contributed by atoms with van der Waals surface area (Å²) in [6.45, 7) is 0.541. The third-order valence-corrected chi connectivity index (χ3v) is 4.07. The Kier molecular flexibility index (Phi) is 4.24. The molecule has 0 unspecified atom stereocenters. The van der Waals surface area contributed by atoms with Gasteiger partial charge in [-0.05, 0) is 18.2 Å². The SMILES string of the molecule is Cn1nccc1C(=O)NCCc1nc(-c2ccccn2)cs1. The number of thiazole rings is 1. The van der Waals surface area contributed by atoms with Gasteiger partial charge >= 0.3 is 0 Å². The first-order valence-corrected chi connectivity index (χ1v) is 7.74. The van der Waals surface area contributed by atoms with Crippen LogP contribution in [-0.4, -0.2) is 32.2 Å². The average molecular weight is 313 g/mol. The molecule has 1 N–H and O–H groups in total. The number of aryl methyl sites for hydroxylation is 1. The normalized spacial score (nSPS) is 10.6. The van der Waals surface area contributed by atoms with Gasteiger partial charge in [-0.3, -0.25) is 14.5 Å². The molecule has 3 rings (SSSR count). The number of nitrogens with zero attached hydrogens (tertiary/aromatic N) is 4. The molecule has 22 heavy (non-hydrogen) atoms. The second-order valence-electron chi connectivity index (χ2n) is 4.69. The van der Waals surface area contributed by atoms with Gasteiger partial charge in [0.05, 0.1) is 16.4 Å². The van der Waals surface area contributed by atoms with Crippen molar-refractivity contribution in [3.63, 3.8) is 0 Å². The minimum atomic E-state index is -0.124. The number of hydrogen-bond acceptors (Lipinski definition) is 5. The predicted octanol–water partition coefficient (Wildman–Crippen LogP) is 1.91. The number of pyridine rings is 1. The summed E-state index contributed by atoms with van der Waals surface area (Å²) in [5.74, 6) is -0.124. The van der Waals surface area contributed by atoms with Crippen LogP contribution in [0.15, 0.2) is 42.0 Å². The molecule has 0 radical (unpaired) electrons. The summed E-state index contributed by atoms with van der Waals surface area (Å²) in [4.78, 5) is 20.8. The molecule has 0 bridgehead atoms. The molecule has 112 valence electrons. The molecular weight excluding hydrogens is 298 g/mol. The van der Waals surface area contributed by atoms with Crippen LogP contribution < -0.4 is 5.32 Å². The lowest BCUT2D eigenvalue weighted by Crippen LogP contribution is -2.27. The monoisotopic (exact) mass is 313 g/mol. The number of carbonyl (C=O) groups excluding carboxylic acids is 1. The molecular formula is C15H15N5OS. The Morgan fingerprint density at radius 2 is 2.18 bits per heavy atom. The maximum Gasteiger partial charge on any atom is 0.269 e. The topological polar surface area (TPSA) is 72.7 Å². The molecule has 0 aliphatic heterocycles. The number of nitrogens with one attached hydrogen (secondary N) is 1. The minimum Gasteiger partial charge on any atom is -0.350 e. The van der Waals surface area contributed by atoms with Crippen molar-refractivity contribution in [2.24, 2.45) is 7.05 Å². The minimum absolute atomic E-state index is 0.124. The molecule has 7 heteroatoms. The fourth-order valence-electron chi connectivity index (χ4n) is 2.03. The summed E-state index contributed by atoms with van der Waals surface area (Å²) in [5.41, 5.74) is 2.29. The van der Waals surface area contributed by atoms with Gasteiger partial charge in [0.15, 0.2) is 0 Å². The van der Waals surface area contributed by atoms with Gasteiger partial charge in [-0.15, -0.1) is 11.3 Å². The van der Waals surface area contributed by atoms with E-state index >= 15 is 0 Å². The zero-order chi connectivity index (χ0) is 15.4. The van der Waals surface area contributed by atoms with E-state index < -0.39 is 0 Å². The van der Waals surface area contributed by atoms with E-state index in [0.29, 0.717) is 18.7 Å². The van der Waals surface area contributed by atoms with E-state index in [2.05, 4.69) is 20.4 Å². The van der Waals surface area contributed by atoms with E-state index in [9.17, 15) is 4.79 Å². The highest BCUT2D eigenvalue weighted by Gasteiger charge is 2.10. The van der Waals surface area contributed by atoms with E-state index in [1.54, 1.807) is 41.5 Å². The van der Waals surface area contributed by atoms with Gasteiger partial charge in [-0.25, -0.2) is 4.98 Å². The van der Waals surface area contributed by atoms with Crippen molar-refractivity contribution in [3.8, 4) is 11.4 Å².